The molecular weight excluding hydrogens is 256 g/mol. The van der Waals surface area contributed by atoms with Gasteiger partial charge in [0.2, 0.25) is 0 Å². The Kier molecular flexibility index (Phi) is 5.41. The highest BCUT2D eigenvalue weighted by Gasteiger charge is 2.47. The van der Waals surface area contributed by atoms with Gasteiger partial charge in [-0.2, -0.15) is 0 Å². The molecule has 0 saturated carbocycles. The van der Waals surface area contributed by atoms with Crippen LogP contribution in [0, 0.1) is 0 Å². The molecule has 2 aliphatic rings. The molecule has 2 fully saturated rings. The maximum absolute atomic E-state index is 11.8. The molecule has 2 aliphatic heterocycles. The first-order chi connectivity index (χ1) is 9.62. The molecule has 0 bridgehead atoms. The topological polar surface area (TPSA) is 53.0 Å². The second-order valence-electron chi connectivity index (χ2n) is 6.02. The molecular formula is C15H28N2O3. The molecule has 0 aromatic heterocycles. The number of carboxylic acid groups (broad SMARTS) is 1. The van der Waals surface area contributed by atoms with Crippen LogP contribution in [0.25, 0.3) is 0 Å². The van der Waals surface area contributed by atoms with E-state index < -0.39 is 11.5 Å². The lowest BCUT2D eigenvalue weighted by atomic mass is 9.90. The maximum Gasteiger partial charge on any atom is 0.324 e. The van der Waals surface area contributed by atoms with Gasteiger partial charge in [0.15, 0.2) is 0 Å². The van der Waals surface area contributed by atoms with E-state index in [4.69, 9.17) is 4.74 Å². The number of hydrogen-bond donors (Lipinski definition) is 1. The number of nitrogens with zero attached hydrogens (tertiary/aromatic N) is 2. The van der Waals surface area contributed by atoms with E-state index in [0.29, 0.717) is 0 Å². The van der Waals surface area contributed by atoms with Crippen LogP contribution in [-0.2, 0) is 9.53 Å². The quantitative estimate of drug-likeness (QED) is 0.799. The van der Waals surface area contributed by atoms with Crippen molar-refractivity contribution in [2.45, 2.75) is 51.2 Å². The average molecular weight is 284 g/mol. The Morgan fingerprint density at radius 1 is 1.40 bits per heavy atom. The predicted octanol–water partition coefficient (Wildman–Crippen LogP) is 1.43. The summed E-state index contributed by atoms with van der Waals surface area (Å²) >= 11 is 0. The Bertz CT molecular complexity index is 337. The summed E-state index contributed by atoms with van der Waals surface area (Å²) in [5, 5.41) is 9.70. The number of likely N-dealkylation sites (N-methyl/N-ethyl adjacent to an activating group) is 1. The summed E-state index contributed by atoms with van der Waals surface area (Å²) in [6, 6.07) is 0. The number of morpholine rings is 1. The van der Waals surface area contributed by atoms with E-state index in [1.807, 2.05) is 0 Å². The van der Waals surface area contributed by atoms with Gasteiger partial charge in [-0.05, 0) is 32.4 Å². The van der Waals surface area contributed by atoms with Gasteiger partial charge in [0.05, 0.1) is 12.7 Å². The molecule has 0 aromatic carbocycles. The van der Waals surface area contributed by atoms with Gasteiger partial charge in [0.1, 0.15) is 5.54 Å². The van der Waals surface area contributed by atoms with E-state index in [0.717, 1.165) is 65.0 Å². The van der Waals surface area contributed by atoms with Crippen molar-refractivity contribution in [3.8, 4) is 0 Å². The van der Waals surface area contributed by atoms with Crippen molar-refractivity contribution in [3.05, 3.63) is 0 Å². The van der Waals surface area contributed by atoms with Crippen LogP contribution in [0.2, 0.25) is 0 Å². The standard InChI is InChI=1S/C15H28N2O3/c1-3-6-15(14(18)19)7-5-8-17(15)12-13-11-16(4-2)9-10-20-13/h13H,3-12H2,1-2H3,(H,18,19). The fourth-order valence-corrected chi connectivity index (χ4v) is 3.67. The molecule has 5 nitrogen and oxygen atoms in total. The highest BCUT2D eigenvalue weighted by molar-refractivity contribution is 5.79. The van der Waals surface area contributed by atoms with Crippen LogP contribution in [0.3, 0.4) is 0 Å². The highest BCUT2D eigenvalue weighted by atomic mass is 16.5. The summed E-state index contributed by atoms with van der Waals surface area (Å²) in [6.45, 7) is 9.59. The average Bonchev–Trinajstić information content (AvgIpc) is 2.84. The van der Waals surface area contributed by atoms with Crippen LogP contribution < -0.4 is 0 Å². The zero-order valence-corrected chi connectivity index (χ0v) is 12.8. The molecule has 2 saturated heterocycles. The molecule has 0 radical (unpaired) electrons. The number of rotatable bonds is 6. The largest absolute Gasteiger partial charge is 0.480 e. The molecule has 0 spiro atoms. The Labute approximate surface area is 121 Å². The highest BCUT2D eigenvalue weighted by Crippen LogP contribution is 2.34. The Morgan fingerprint density at radius 2 is 2.20 bits per heavy atom. The maximum atomic E-state index is 11.8. The lowest BCUT2D eigenvalue weighted by molar-refractivity contribution is -0.152. The Morgan fingerprint density at radius 3 is 2.85 bits per heavy atom. The van der Waals surface area contributed by atoms with Crippen molar-refractivity contribution in [2.24, 2.45) is 0 Å². The third kappa shape index (κ3) is 3.15. The van der Waals surface area contributed by atoms with Gasteiger partial charge in [-0.15, -0.1) is 0 Å². The van der Waals surface area contributed by atoms with Crippen molar-refractivity contribution < 1.29 is 14.6 Å². The van der Waals surface area contributed by atoms with E-state index in [1.54, 1.807) is 0 Å². The second-order valence-corrected chi connectivity index (χ2v) is 6.02. The molecule has 1 N–H and O–H groups in total. The van der Waals surface area contributed by atoms with Crippen molar-refractivity contribution in [1.29, 1.82) is 0 Å². The first kappa shape index (κ1) is 15.7. The van der Waals surface area contributed by atoms with Crippen molar-refractivity contribution in [1.82, 2.24) is 9.80 Å². The molecule has 0 aromatic rings. The van der Waals surface area contributed by atoms with Crippen LogP contribution in [0.5, 0.6) is 0 Å². The molecule has 2 rings (SSSR count). The van der Waals surface area contributed by atoms with E-state index in [1.165, 1.54) is 0 Å². The van der Waals surface area contributed by atoms with Crippen molar-refractivity contribution in [2.75, 3.05) is 39.3 Å². The Balaban J connectivity index is 2.01. The third-order valence-electron chi connectivity index (χ3n) is 4.78. The predicted molar refractivity (Wildman–Crippen MR) is 77.9 cm³/mol. The number of likely N-dealkylation sites (tertiary alicyclic amines) is 1. The van der Waals surface area contributed by atoms with E-state index in [9.17, 15) is 9.90 Å². The first-order valence-corrected chi connectivity index (χ1v) is 7.94. The number of carbonyl (C=O) groups is 1. The summed E-state index contributed by atoms with van der Waals surface area (Å²) < 4.78 is 5.85. The molecule has 116 valence electrons. The molecule has 2 unspecified atom stereocenters. The van der Waals surface area contributed by atoms with Gasteiger partial charge in [-0.1, -0.05) is 20.3 Å². The number of ether oxygens (including phenoxy) is 1. The summed E-state index contributed by atoms with van der Waals surface area (Å²) in [5.74, 6) is -0.653. The molecule has 20 heavy (non-hydrogen) atoms. The summed E-state index contributed by atoms with van der Waals surface area (Å²) in [6.07, 6.45) is 3.57. The van der Waals surface area contributed by atoms with Gasteiger partial charge in [0.25, 0.3) is 0 Å². The number of aliphatic carboxylic acids is 1. The molecule has 5 heteroatoms. The van der Waals surface area contributed by atoms with Gasteiger partial charge in [0, 0.05) is 19.6 Å². The lowest BCUT2D eigenvalue weighted by Crippen LogP contribution is -2.55. The van der Waals surface area contributed by atoms with Crippen LogP contribution in [0.15, 0.2) is 0 Å². The summed E-state index contributed by atoms with van der Waals surface area (Å²) in [7, 11) is 0. The minimum atomic E-state index is -0.653. The van der Waals surface area contributed by atoms with Crippen LogP contribution in [0.4, 0.5) is 0 Å². The minimum absolute atomic E-state index is 0.150. The molecule has 0 aliphatic carbocycles. The third-order valence-corrected chi connectivity index (χ3v) is 4.78. The van der Waals surface area contributed by atoms with Gasteiger partial charge >= 0.3 is 5.97 Å². The van der Waals surface area contributed by atoms with Gasteiger partial charge in [-0.3, -0.25) is 14.6 Å². The van der Waals surface area contributed by atoms with E-state index in [-0.39, 0.29) is 6.10 Å². The lowest BCUT2D eigenvalue weighted by Gasteiger charge is -2.39. The number of hydrogen-bond acceptors (Lipinski definition) is 4. The van der Waals surface area contributed by atoms with Crippen LogP contribution in [0.1, 0.15) is 39.5 Å². The number of carboxylic acids is 1. The zero-order chi connectivity index (χ0) is 14.6. The smallest absolute Gasteiger partial charge is 0.324 e. The molecule has 2 heterocycles. The van der Waals surface area contributed by atoms with Crippen LogP contribution in [-0.4, -0.2) is 71.8 Å². The van der Waals surface area contributed by atoms with Crippen LogP contribution >= 0.6 is 0 Å². The minimum Gasteiger partial charge on any atom is -0.480 e. The SMILES string of the molecule is CCCC1(C(=O)O)CCCN1CC1CN(CC)CCO1. The monoisotopic (exact) mass is 284 g/mol. The van der Waals surface area contributed by atoms with Crippen molar-refractivity contribution >= 4 is 5.97 Å². The summed E-state index contributed by atoms with van der Waals surface area (Å²) in [5.41, 5.74) is -0.646. The fourth-order valence-electron chi connectivity index (χ4n) is 3.67. The Hall–Kier alpha value is -0.650. The second kappa shape index (κ2) is 6.87. The zero-order valence-electron chi connectivity index (χ0n) is 12.8. The normalized spacial score (nSPS) is 32.6. The van der Waals surface area contributed by atoms with E-state index in [2.05, 4.69) is 23.6 Å². The molecule has 0 amide bonds. The fraction of sp³-hybridized carbons (Fsp3) is 0.933. The summed E-state index contributed by atoms with van der Waals surface area (Å²) in [4.78, 5) is 16.3. The van der Waals surface area contributed by atoms with E-state index >= 15 is 0 Å². The molecule has 2 atom stereocenters. The first-order valence-electron chi connectivity index (χ1n) is 7.94. The van der Waals surface area contributed by atoms with Gasteiger partial charge < -0.3 is 9.84 Å². The van der Waals surface area contributed by atoms with Gasteiger partial charge in [-0.25, -0.2) is 0 Å². The van der Waals surface area contributed by atoms with Crippen molar-refractivity contribution in [3.63, 3.8) is 0 Å².